The number of phenols is 1. The molecule has 0 atom stereocenters. The Labute approximate surface area is 183 Å². The molecule has 1 saturated heterocycles. The molecule has 0 aromatic heterocycles. The maximum atomic E-state index is 13.4. The molecule has 30 heavy (non-hydrogen) atoms. The van der Waals surface area contributed by atoms with Gasteiger partial charge in [-0.2, -0.15) is 0 Å². The van der Waals surface area contributed by atoms with Crippen LogP contribution in [0, 0.1) is 0 Å². The fourth-order valence-corrected chi connectivity index (χ4v) is 5.76. The van der Waals surface area contributed by atoms with Gasteiger partial charge in [0.15, 0.2) is 16.7 Å². The van der Waals surface area contributed by atoms with Crippen molar-refractivity contribution in [3.63, 3.8) is 0 Å². The molecule has 0 unspecified atom stereocenters. The summed E-state index contributed by atoms with van der Waals surface area (Å²) in [5.74, 6) is 0.641. The van der Waals surface area contributed by atoms with Crippen molar-refractivity contribution in [3.8, 4) is 11.5 Å². The Morgan fingerprint density at radius 1 is 1.13 bits per heavy atom. The van der Waals surface area contributed by atoms with E-state index in [9.17, 15) is 9.90 Å². The van der Waals surface area contributed by atoms with E-state index in [1.807, 2.05) is 24.0 Å². The molecule has 3 aliphatic rings. The molecule has 1 aromatic rings. The van der Waals surface area contributed by atoms with E-state index in [4.69, 9.17) is 9.73 Å². The molecule has 1 N–H and O–H groups in total. The quantitative estimate of drug-likeness (QED) is 0.609. The molecule has 1 aliphatic heterocycles. The third-order valence-corrected chi connectivity index (χ3v) is 7.22. The highest BCUT2D eigenvalue weighted by Crippen LogP contribution is 2.39. The van der Waals surface area contributed by atoms with Gasteiger partial charge in [-0.1, -0.05) is 44.6 Å². The van der Waals surface area contributed by atoms with E-state index in [0.717, 1.165) is 36.4 Å². The van der Waals surface area contributed by atoms with E-state index in [1.54, 1.807) is 12.1 Å². The van der Waals surface area contributed by atoms with E-state index in [0.29, 0.717) is 23.3 Å². The average Bonchev–Trinajstić information content (AvgIpc) is 3.06. The van der Waals surface area contributed by atoms with Crippen molar-refractivity contribution in [1.82, 2.24) is 4.90 Å². The van der Waals surface area contributed by atoms with E-state index in [-0.39, 0.29) is 17.7 Å². The van der Waals surface area contributed by atoms with Gasteiger partial charge in [0.25, 0.3) is 5.91 Å². The van der Waals surface area contributed by atoms with Gasteiger partial charge in [-0.05, 0) is 68.1 Å². The first kappa shape index (κ1) is 21.3. The molecule has 1 heterocycles. The lowest BCUT2D eigenvalue weighted by molar-refractivity contribution is -0.124. The molecule has 0 radical (unpaired) electrons. The third-order valence-electron chi connectivity index (χ3n) is 6.23. The number of hydrogen-bond acceptors (Lipinski definition) is 5. The summed E-state index contributed by atoms with van der Waals surface area (Å²) in [6, 6.07) is 5.85. The number of aliphatic imine (C=N–C) groups is 1. The summed E-state index contributed by atoms with van der Waals surface area (Å²) in [6.07, 6.45) is 13.7. The van der Waals surface area contributed by atoms with Crippen LogP contribution < -0.4 is 4.74 Å². The molecule has 6 heteroatoms. The highest BCUT2D eigenvalue weighted by atomic mass is 32.2. The lowest BCUT2D eigenvalue weighted by Gasteiger charge is -2.31. The first-order chi connectivity index (χ1) is 14.7. The minimum absolute atomic E-state index is 0.0764. The average molecular weight is 429 g/mol. The number of amides is 1. The minimum atomic E-state index is 0.0764. The summed E-state index contributed by atoms with van der Waals surface area (Å²) in [6.45, 7) is 2.37. The Kier molecular flexibility index (Phi) is 7.03. The van der Waals surface area contributed by atoms with Gasteiger partial charge in [-0.15, -0.1) is 0 Å². The molecular weight excluding hydrogens is 396 g/mol. The van der Waals surface area contributed by atoms with Crippen LogP contribution in [-0.2, 0) is 4.79 Å². The zero-order valence-electron chi connectivity index (χ0n) is 17.8. The van der Waals surface area contributed by atoms with Crippen LogP contribution in [0.15, 0.2) is 28.1 Å². The van der Waals surface area contributed by atoms with E-state index in [2.05, 4.69) is 0 Å². The van der Waals surface area contributed by atoms with Crippen molar-refractivity contribution in [2.24, 2.45) is 4.99 Å². The van der Waals surface area contributed by atoms with Crippen LogP contribution in [0.1, 0.15) is 76.7 Å². The predicted molar refractivity (Wildman–Crippen MR) is 123 cm³/mol. The second-order valence-electron chi connectivity index (χ2n) is 8.44. The van der Waals surface area contributed by atoms with Crippen molar-refractivity contribution in [2.45, 2.75) is 83.2 Å². The summed E-state index contributed by atoms with van der Waals surface area (Å²) in [4.78, 5) is 21.2. The Morgan fingerprint density at radius 2 is 1.83 bits per heavy atom. The number of rotatable bonds is 5. The van der Waals surface area contributed by atoms with Gasteiger partial charge in [-0.3, -0.25) is 14.7 Å². The molecule has 2 saturated carbocycles. The third kappa shape index (κ3) is 4.85. The van der Waals surface area contributed by atoms with E-state index in [1.165, 1.54) is 50.3 Å². The Bertz CT molecular complexity index is 824. The predicted octanol–water partition coefficient (Wildman–Crippen LogP) is 5.73. The number of benzene rings is 1. The maximum absolute atomic E-state index is 13.4. The number of carbonyl (C=O) groups is 1. The van der Waals surface area contributed by atoms with Crippen LogP contribution in [0.25, 0.3) is 6.08 Å². The second-order valence-corrected chi connectivity index (χ2v) is 9.45. The van der Waals surface area contributed by atoms with Crippen LogP contribution >= 0.6 is 11.8 Å². The summed E-state index contributed by atoms with van der Waals surface area (Å²) >= 11 is 1.52. The van der Waals surface area contributed by atoms with Gasteiger partial charge in [-0.25, -0.2) is 0 Å². The van der Waals surface area contributed by atoms with Crippen molar-refractivity contribution >= 4 is 28.9 Å². The number of aromatic hydroxyl groups is 1. The number of hydrogen-bond donors (Lipinski definition) is 1. The summed E-state index contributed by atoms with van der Waals surface area (Å²) < 4.78 is 5.50. The molecule has 2 aliphatic carbocycles. The molecule has 1 amide bonds. The Hall–Kier alpha value is -1.95. The largest absolute Gasteiger partial charge is 0.504 e. The van der Waals surface area contributed by atoms with Crippen molar-refractivity contribution < 1.29 is 14.6 Å². The summed E-state index contributed by atoms with van der Waals surface area (Å²) in [5, 5.41) is 10.9. The number of thioether (sulfide) groups is 1. The van der Waals surface area contributed by atoms with Gasteiger partial charge in [0, 0.05) is 6.04 Å². The fourth-order valence-electron chi connectivity index (χ4n) is 4.65. The normalized spacial score (nSPS) is 24.2. The molecule has 4 rings (SSSR count). The number of ether oxygens (including phenoxy) is 1. The highest BCUT2D eigenvalue weighted by Gasteiger charge is 2.39. The molecule has 0 bridgehead atoms. The van der Waals surface area contributed by atoms with E-state index >= 15 is 0 Å². The molecule has 3 fully saturated rings. The molecule has 162 valence electrons. The smallest absolute Gasteiger partial charge is 0.266 e. The number of carbonyl (C=O) groups excluding carboxylic acids is 1. The molecular formula is C24H32N2O3S. The number of nitrogens with zero attached hydrogens (tertiary/aromatic N) is 2. The lowest BCUT2D eigenvalue weighted by atomic mass is 9.94. The van der Waals surface area contributed by atoms with Gasteiger partial charge >= 0.3 is 0 Å². The topological polar surface area (TPSA) is 62.1 Å². The van der Waals surface area contributed by atoms with Gasteiger partial charge in [0.2, 0.25) is 0 Å². The molecule has 5 nitrogen and oxygen atoms in total. The first-order valence-electron chi connectivity index (χ1n) is 11.4. The lowest BCUT2D eigenvalue weighted by Crippen LogP contribution is -2.41. The summed E-state index contributed by atoms with van der Waals surface area (Å²) in [5.41, 5.74) is 0.856. The summed E-state index contributed by atoms with van der Waals surface area (Å²) in [7, 11) is 0. The van der Waals surface area contributed by atoms with Crippen LogP contribution in [0.2, 0.25) is 0 Å². The van der Waals surface area contributed by atoms with Crippen molar-refractivity contribution in [2.75, 3.05) is 6.61 Å². The monoisotopic (exact) mass is 428 g/mol. The van der Waals surface area contributed by atoms with Crippen LogP contribution in [0.4, 0.5) is 0 Å². The SMILES string of the molecule is CCOc1cc(C=C2SC(=NC3CCCCC3)N(C3CCCCC3)C2=O)ccc1O. The van der Waals surface area contributed by atoms with Gasteiger partial charge in [0.1, 0.15) is 0 Å². The van der Waals surface area contributed by atoms with Gasteiger partial charge in [0.05, 0.1) is 17.6 Å². The van der Waals surface area contributed by atoms with Crippen LogP contribution in [0.5, 0.6) is 11.5 Å². The zero-order valence-corrected chi connectivity index (χ0v) is 18.6. The Morgan fingerprint density at radius 3 is 2.53 bits per heavy atom. The Balaban J connectivity index is 1.62. The maximum Gasteiger partial charge on any atom is 0.266 e. The zero-order chi connectivity index (χ0) is 20.9. The second kappa shape index (κ2) is 9.90. The standard InChI is InChI=1S/C24H32N2O3S/c1-2-29-21-15-17(13-14-20(21)27)16-22-23(28)26(19-11-7-4-8-12-19)24(30-22)25-18-9-5-3-6-10-18/h13-16,18-19,27H,2-12H2,1H3. The number of phenolic OH excluding ortho intramolecular Hbond substituents is 1. The fraction of sp³-hybridized carbons (Fsp3) is 0.583. The molecule has 1 aromatic carbocycles. The van der Waals surface area contributed by atoms with Crippen molar-refractivity contribution in [1.29, 1.82) is 0 Å². The van der Waals surface area contributed by atoms with Gasteiger partial charge < -0.3 is 9.84 Å². The van der Waals surface area contributed by atoms with Crippen LogP contribution in [-0.4, -0.2) is 39.8 Å². The highest BCUT2D eigenvalue weighted by molar-refractivity contribution is 8.18. The van der Waals surface area contributed by atoms with Crippen molar-refractivity contribution in [3.05, 3.63) is 28.7 Å². The molecule has 0 spiro atoms. The minimum Gasteiger partial charge on any atom is -0.504 e. The number of amidine groups is 1. The van der Waals surface area contributed by atoms with Crippen LogP contribution in [0.3, 0.4) is 0 Å². The first-order valence-corrected chi connectivity index (χ1v) is 12.2. The van der Waals surface area contributed by atoms with E-state index < -0.39 is 0 Å².